The lowest BCUT2D eigenvalue weighted by atomic mass is 9.66. The van der Waals surface area contributed by atoms with E-state index in [9.17, 15) is 0 Å². The van der Waals surface area contributed by atoms with Gasteiger partial charge in [-0.2, -0.15) is 0 Å². The first-order valence-corrected chi connectivity index (χ1v) is 34.0. The summed E-state index contributed by atoms with van der Waals surface area (Å²) in [4.78, 5) is 4.84. The summed E-state index contributed by atoms with van der Waals surface area (Å²) < 4.78 is 0. The minimum atomic E-state index is -0.309. The van der Waals surface area contributed by atoms with Gasteiger partial charge in [0.15, 0.2) is 0 Å². The summed E-state index contributed by atoms with van der Waals surface area (Å²) in [6.45, 7) is 49.3. The van der Waals surface area contributed by atoms with E-state index in [4.69, 9.17) is 0 Å². The van der Waals surface area contributed by atoms with Gasteiger partial charge < -0.3 is 9.80 Å². The molecule has 0 unspecified atom stereocenters. The molecule has 0 atom stereocenters. The molecule has 0 aromatic heterocycles. The van der Waals surface area contributed by atoms with Gasteiger partial charge >= 0.3 is 0 Å². The molecule has 0 aliphatic heterocycles. The van der Waals surface area contributed by atoms with Gasteiger partial charge in [-0.15, -0.1) is 0 Å². The molecule has 2 heteroatoms. The third kappa shape index (κ3) is 12.8. The Balaban J connectivity index is 0.000000160. The molecule has 0 heterocycles. The van der Waals surface area contributed by atoms with Crippen molar-refractivity contribution in [1.82, 2.24) is 0 Å². The lowest BCUT2D eigenvalue weighted by Crippen LogP contribution is -2.29. The van der Waals surface area contributed by atoms with Crippen LogP contribution in [-0.2, 0) is 21.7 Å². The topological polar surface area (TPSA) is 6.48 Å². The van der Waals surface area contributed by atoms with E-state index < -0.39 is 0 Å². The van der Waals surface area contributed by atoms with Gasteiger partial charge in [0, 0.05) is 28.2 Å². The number of anilines is 6. The number of benzene rings is 11. The molecule has 0 saturated heterocycles. The van der Waals surface area contributed by atoms with Crippen LogP contribution in [0.5, 0.6) is 0 Å². The molecule has 0 saturated carbocycles. The molecule has 0 radical (unpaired) electrons. The predicted octanol–water partition coefficient (Wildman–Crippen LogP) is 25.6. The SMILES string of the molecule is Cc1cc(C)cc(C2(c3cc(C)cc(C)c3)c3cc(C)ccc3-c3ccc(C)cc32)c1.Cc1ccc(N(c2ccc(N(c3ccc(C)cc3)c3c(C)cc(C(C)(C)C)cc3C)cc2)c2c(C)cc(C(C)(C)C)cc2C)cc1.Cc1ccc2c(c1)C(C)(C)c1cc(C)ccc1-2. The maximum absolute atomic E-state index is 2.42. The van der Waals surface area contributed by atoms with E-state index in [1.165, 1.54) is 156 Å². The van der Waals surface area contributed by atoms with Crippen molar-refractivity contribution in [3.8, 4) is 22.3 Å². The van der Waals surface area contributed by atoms with Crippen molar-refractivity contribution >= 4 is 34.1 Å². The van der Waals surface area contributed by atoms with Crippen LogP contribution in [0.2, 0.25) is 0 Å². The number of rotatable bonds is 8. The molecular formula is C92H100N2. The number of hydrogen-bond donors (Lipinski definition) is 0. The molecule has 0 amide bonds. The van der Waals surface area contributed by atoms with Gasteiger partial charge in [-0.25, -0.2) is 0 Å². The van der Waals surface area contributed by atoms with Crippen LogP contribution in [0.25, 0.3) is 22.3 Å². The minimum Gasteiger partial charge on any atom is -0.310 e. The first kappa shape index (κ1) is 66.5. The summed E-state index contributed by atoms with van der Waals surface area (Å²) >= 11 is 0. The highest BCUT2D eigenvalue weighted by atomic mass is 15.2. The van der Waals surface area contributed by atoms with E-state index in [1.54, 1.807) is 0 Å². The van der Waals surface area contributed by atoms with Crippen molar-refractivity contribution in [3.05, 3.63) is 329 Å². The quantitative estimate of drug-likeness (QED) is 0.150. The van der Waals surface area contributed by atoms with Crippen LogP contribution in [0, 0.1) is 96.9 Å². The first-order valence-electron chi connectivity index (χ1n) is 34.0. The molecule has 94 heavy (non-hydrogen) atoms. The second-order valence-corrected chi connectivity index (χ2v) is 30.6. The van der Waals surface area contributed by atoms with E-state index in [1.807, 2.05) is 0 Å². The van der Waals surface area contributed by atoms with Crippen molar-refractivity contribution < 1.29 is 0 Å². The Hall–Kier alpha value is -8.98. The van der Waals surface area contributed by atoms with Crippen LogP contribution in [-0.4, -0.2) is 0 Å². The summed E-state index contributed by atoms with van der Waals surface area (Å²) in [6.07, 6.45) is 0. The van der Waals surface area contributed by atoms with Gasteiger partial charge in [-0.05, 0) is 245 Å². The van der Waals surface area contributed by atoms with Gasteiger partial charge in [-0.1, -0.05) is 269 Å². The average Bonchev–Trinajstić information content (AvgIpc) is 1.52. The molecule has 2 aliphatic rings. The maximum Gasteiger partial charge on any atom is 0.0714 e. The van der Waals surface area contributed by atoms with Crippen molar-refractivity contribution in [3.63, 3.8) is 0 Å². The highest BCUT2D eigenvalue weighted by molar-refractivity contribution is 5.88. The van der Waals surface area contributed by atoms with Crippen LogP contribution in [0.4, 0.5) is 34.1 Å². The Bertz CT molecular complexity index is 4280. The van der Waals surface area contributed by atoms with Gasteiger partial charge in [0.1, 0.15) is 0 Å². The summed E-state index contributed by atoms with van der Waals surface area (Å²) in [5, 5.41) is 0. The predicted molar refractivity (Wildman–Crippen MR) is 407 cm³/mol. The third-order valence-corrected chi connectivity index (χ3v) is 19.9. The zero-order valence-electron chi connectivity index (χ0n) is 60.5. The lowest BCUT2D eigenvalue weighted by Gasteiger charge is -2.35. The standard InChI is InChI=1S/C44H52N2.C31H30.C17H18/c1-29-13-17-37(18-14-29)45(41-31(3)25-35(26-32(41)4)43(7,8)9)39-21-23-40(24-22-39)46(38-19-15-30(2)16-20-38)42-33(5)27-36(28-34(42)6)44(10,11)12;1-19-7-9-27-28-10-8-20(2)18-30(28)31(29(27)17-19,25-13-21(3)11-22(4)14-25)26-15-23(5)12-24(6)16-26;1-11-5-7-13-14-8-6-12(2)10-16(14)17(3,4)15(13)9-11/h13-28H,1-12H3;7-18H,1-6H3;5-10H,1-4H3. The molecule has 11 aromatic carbocycles. The van der Waals surface area contributed by atoms with Crippen molar-refractivity contribution in [1.29, 1.82) is 0 Å². The van der Waals surface area contributed by atoms with Gasteiger partial charge in [-0.3, -0.25) is 0 Å². The third-order valence-electron chi connectivity index (χ3n) is 19.9. The number of aryl methyl sites for hydroxylation is 14. The zero-order chi connectivity index (χ0) is 67.7. The Morgan fingerprint density at radius 1 is 0.245 bits per heavy atom. The molecule has 0 spiro atoms. The van der Waals surface area contributed by atoms with E-state index in [-0.39, 0.29) is 21.7 Å². The molecule has 0 N–H and O–H groups in total. The average molecular weight is 1230 g/mol. The number of nitrogens with zero attached hydrogens (tertiary/aromatic N) is 2. The molecule has 0 bridgehead atoms. The van der Waals surface area contributed by atoms with E-state index >= 15 is 0 Å². The second-order valence-electron chi connectivity index (χ2n) is 30.6. The van der Waals surface area contributed by atoms with Gasteiger partial charge in [0.25, 0.3) is 0 Å². The summed E-state index contributed by atoms with van der Waals surface area (Å²) in [5.74, 6) is 0. The second kappa shape index (κ2) is 25.4. The van der Waals surface area contributed by atoms with Crippen LogP contribution in [0.15, 0.2) is 206 Å². The maximum atomic E-state index is 2.42. The van der Waals surface area contributed by atoms with Gasteiger partial charge in [0.05, 0.1) is 16.8 Å². The monoisotopic (exact) mass is 1230 g/mol. The van der Waals surface area contributed by atoms with Crippen molar-refractivity contribution in [2.45, 2.75) is 174 Å². The molecule has 2 aliphatic carbocycles. The van der Waals surface area contributed by atoms with E-state index in [2.05, 4.69) is 368 Å². The molecule has 11 aromatic rings. The summed E-state index contributed by atoms with van der Waals surface area (Å²) in [7, 11) is 0. The van der Waals surface area contributed by atoms with Crippen LogP contribution < -0.4 is 9.80 Å². The smallest absolute Gasteiger partial charge is 0.0714 e. The zero-order valence-corrected chi connectivity index (χ0v) is 60.5. The molecule has 0 fully saturated rings. The van der Waals surface area contributed by atoms with Crippen molar-refractivity contribution in [2.24, 2.45) is 0 Å². The van der Waals surface area contributed by atoms with Crippen molar-refractivity contribution in [2.75, 3.05) is 9.80 Å². The van der Waals surface area contributed by atoms with Crippen LogP contribution in [0.1, 0.15) is 178 Å². The fraction of sp³-hybridized carbons (Fsp3) is 0.283. The number of hydrogen-bond acceptors (Lipinski definition) is 2. The summed E-state index contributed by atoms with van der Waals surface area (Å²) in [5.41, 5.74) is 42.0. The first-order chi connectivity index (χ1) is 44.3. The number of fused-ring (bicyclic) bond motifs is 6. The highest BCUT2D eigenvalue weighted by Crippen LogP contribution is 2.57. The van der Waals surface area contributed by atoms with Crippen LogP contribution in [0.3, 0.4) is 0 Å². The normalized spacial score (nSPS) is 13.2. The van der Waals surface area contributed by atoms with Crippen LogP contribution >= 0.6 is 0 Å². The Morgan fingerprint density at radius 3 is 0.745 bits per heavy atom. The Morgan fingerprint density at radius 2 is 0.479 bits per heavy atom. The largest absolute Gasteiger partial charge is 0.310 e. The van der Waals surface area contributed by atoms with E-state index in [0.29, 0.717) is 0 Å². The molecule has 2 nitrogen and oxygen atoms in total. The molecule has 478 valence electrons. The fourth-order valence-corrected chi connectivity index (χ4v) is 15.1. The minimum absolute atomic E-state index is 0.0885. The molecule has 13 rings (SSSR count). The fourth-order valence-electron chi connectivity index (χ4n) is 15.1. The summed E-state index contributed by atoms with van der Waals surface area (Å²) in [6, 6.07) is 78.1. The van der Waals surface area contributed by atoms with Gasteiger partial charge in [0.2, 0.25) is 0 Å². The molecular weight excluding hydrogens is 1130 g/mol. The van der Waals surface area contributed by atoms with E-state index in [0.717, 1.165) is 22.7 Å². The Kier molecular flexibility index (Phi) is 18.0. The lowest BCUT2D eigenvalue weighted by molar-refractivity contribution is 0.589. The highest BCUT2D eigenvalue weighted by Gasteiger charge is 2.47. The Labute approximate surface area is 565 Å².